The van der Waals surface area contributed by atoms with E-state index in [-0.39, 0.29) is 12.2 Å². The Morgan fingerprint density at radius 3 is 2.45 bits per heavy atom. The Morgan fingerprint density at radius 1 is 1.40 bits per heavy atom. The van der Waals surface area contributed by atoms with E-state index in [0.717, 1.165) is 6.08 Å². The summed E-state index contributed by atoms with van der Waals surface area (Å²) in [4.78, 5) is 22.5. The number of allylic oxidation sites excluding steroid dienone is 3. The molecule has 110 valence electrons. The summed E-state index contributed by atoms with van der Waals surface area (Å²) in [6.45, 7) is 7.05. The first kappa shape index (κ1) is 17.1. The predicted molar refractivity (Wildman–Crippen MR) is 85.6 cm³/mol. The molecule has 0 aromatic carbocycles. The van der Waals surface area contributed by atoms with E-state index in [2.05, 4.69) is 0 Å². The van der Waals surface area contributed by atoms with Crippen LogP contribution in [0, 0.1) is 5.41 Å². The third-order valence-electron chi connectivity index (χ3n) is 3.72. The number of aliphatic carboxylic acids is 1. The van der Waals surface area contributed by atoms with Crippen LogP contribution in [0.3, 0.4) is 0 Å². The number of ketones is 1. The number of rotatable bonds is 3. The molecule has 1 aliphatic rings. The first-order valence-corrected chi connectivity index (χ1v) is 7.32. The van der Waals surface area contributed by atoms with Crippen molar-refractivity contribution in [1.29, 1.82) is 0 Å². The third-order valence-corrected chi connectivity index (χ3v) is 5.13. The van der Waals surface area contributed by atoms with Gasteiger partial charge in [-0.25, -0.2) is 4.79 Å². The van der Waals surface area contributed by atoms with Crippen LogP contribution in [0.2, 0.25) is 0 Å². The number of carbonyl (C=O) groups excluding carboxylic acids is 1. The second-order valence-corrected chi connectivity index (χ2v) is 6.83. The van der Waals surface area contributed by atoms with E-state index < -0.39 is 17.0 Å². The van der Waals surface area contributed by atoms with E-state index in [0.29, 0.717) is 14.7 Å². The fourth-order valence-electron chi connectivity index (χ4n) is 2.34. The third kappa shape index (κ3) is 3.20. The number of carboxylic acids is 1. The SMILES string of the molecule is CC1=C(I)C(=O)CC(C)(C)[C@@]1(O)/C=C/C(C)=C\C(=O)O. The molecular formula is C15H19IO4. The van der Waals surface area contributed by atoms with Crippen molar-refractivity contribution in [3.8, 4) is 0 Å². The monoisotopic (exact) mass is 390 g/mol. The van der Waals surface area contributed by atoms with Crippen molar-refractivity contribution >= 4 is 34.3 Å². The van der Waals surface area contributed by atoms with Crippen LogP contribution in [0.25, 0.3) is 0 Å². The molecule has 2 N–H and O–H groups in total. The molecule has 20 heavy (non-hydrogen) atoms. The summed E-state index contributed by atoms with van der Waals surface area (Å²) >= 11 is 1.96. The molecule has 5 heteroatoms. The molecule has 0 radical (unpaired) electrons. The minimum Gasteiger partial charge on any atom is -0.478 e. The first-order chi connectivity index (χ1) is 9.01. The lowest BCUT2D eigenvalue weighted by atomic mass is 9.64. The fraction of sp³-hybridized carbons (Fsp3) is 0.467. The van der Waals surface area contributed by atoms with E-state index in [4.69, 9.17) is 5.11 Å². The van der Waals surface area contributed by atoms with Crippen LogP contribution in [-0.2, 0) is 9.59 Å². The van der Waals surface area contributed by atoms with Crippen molar-refractivity contribution in [3.63, 3.8) is 0 Å². The Kier molecular flexibility index (Phi) is 4.97. The van der Waals surface area contributed by atoms with Gasteiger partial charge in [-0.05, 0) is 53.7 Å². The summed E-state index contributed by atoms with van der Waals surface area (Å²) in [6.07, 6.45) is 4.50. The Balaban J connectivity index is 3.28. The van der Waals surface area contributed by atoms with Crippen LogP contribution < -0.4 is 0 Å². The van der Waals surface area contributed by atoms with Crippen molar-refractivity contribution in [1.82, 2.24) is 0 Å². The maximum absolute atomic E-state index is 11.9. The standard InChI is InChI=1S/C15H19IO4/c1-9(7-12(18)19)5-6-15(20)10(2)13(16)11(17)8-14(15,3)4/h5-7,20H,8H2,1-4H3,(H,18,19)/b6-5+,9-7-/t15-/m1/s1. The zero-order valence-electron chi connectivity index (χ0n) is 12.0. The van der Waals surface area contributed by atoms with E-state index in [1.54, 1.807) is 26.0 Å². The van der Waals surface area contributed by atoms with Gasteiger partial charge >= 0.3 is 5.97 Å². The lowest BCUT2D eigenvalue weighted by Gasteiger charge is -2.44. The van der Waals surface area contributed by atoms with Crippen molar-refractivity contribution < 1.29 is 19.8 Å². The number of carbonyl (C=O) groups is 2. The minimum absolute atomic E-state index is 0.0315. The van der Waals surface area contributed by atoms with Gasteiger partial charge in [0, 0.05) is 17.9 Å². The van der Waals surface area contributed by atoms with Crippen LogP contribution in [-0.4, -0.2) is 27.6 Å². The molecule has 0 spiro atoms. The highest BCUT2D eigenvalue weighted by molar-refractivity contribution is 14.1. The van der Waals surface area contributed by atoms with Gasteiger partial charge in [0.2, 0.25) is 0 Å². The average molecular weight is 390 g/mol. The van der Waals surface area contributed by atoms with Gasteiger partial charge in [-0.2, -0.15) is 0 Å². The van der Waals surface area contributed by atoms with E-state index in [1.807, 2.05) is 36.4 Å². The second-order valence-electron chi connectivity index (χ2n) is 5.75. The van der Waals surface area contributed by atoms with Gasteiger partial charge in [-0.1, -0.05) is 19.9 Å². The van der Waals surface area contributed by atoms with Crippen molar-refractivity contribution in [2.75, 3.05) is 0 Å². The van der Waals surface area contributed by atoms with Crippen molar-refractivity contribution in [3.05, 3.63) is 33.0 Å². The van der Waals surface area contributed by atoms with Crippen LogP contribution in [0.5, 0.6) is 0 Å². The molecule has 1 rings (SSSR count). The number of halogens is 1. The molecular weight excluding hydrogens is 371 g/mol. The van der Waals surface area contributed by atoms with Crippen LogP contribution >= 0.6 is 22.6 Å². The minimum atomic E-state index is -1.26. The molecule has 0 saturated heterocycles. The molecule has 0 unspecified atom stereocenters. The number of Topliss-reactive ketones (excluding diaryl/α,β-unsaturated/α-hetero) is 1. The smallest absolute Gasteiger partial charge is 0.328 e. The number of hydrogen-bond donors (Lipinski definition) is 2. The van der Waals surface area contributed by atoms with E-state index >= 15 is 0 Å². The molecule has 1 atom stereocenters. The average Bonchev–Trinajstić information content (AvgIpc) is 2.30. The topological polar surface area (TPSA) is 74.6 Å². The Hall–Kier alpha value is -0.950. The quantitative estimate of drug-likeness (QED) is 0.442. The molecule has 1 aliphatic carbocycles. The predicted octanol–water partition coefficient (Wildman–Crippen LogP) is 3.01. The second kappa shape index (κ2) is 5.81. The van der Waals surface area contributed by atoms with E-state index in [9.17, 15) is 14.7 Å². The van der Waals surface area contributed by atoms with Gasteiger partial charge in [0.25, 0.3) is 0 Å². The molecule has 4 nitrogen and oxygen atoms in total. The molecule has 0 aliphatic heterocycles. The van der Waals surface area contributed by atoms with Crippen LogP contribution in [0.15, 0.2) is 33.0 Å². The van der Waals surface area contributed by atoms with Gasteiger partial charge in [-0.15, -0.1) is 0 Å². The zero-order chi connectivity index (χ0) is 15.7. The lowest BCUT2D eigenvalue weighted by molar-refractivity contribution is -0.131. The highest BCUT2D eigenvalue weighted by Gasteiger charge is 2.48. The summed E-state index contributed by atoms with van der Waals surface area (Å²) in [5.41, 5.74) is -0.756. The number of aliphatic hydroxyl groups is 1. The summed E-state index contributed by atoms with van der Waals surface area (Å²) < 4.78 is 0.550. The van der Waals surface area contributed by atoms with Gasteiger partial charge < -0.3 is 10.2 Å². The fourth-order valence-corrected chi connectivity index (χ4v) is 2.95. The van der Waals surface area contributed by atoms with Crippen LogP contribution in [0.4, 0.5) is 0 Å². The van der Waals surface area contributed by atoms with E-state index in [1.165, 1.54) is 0 Å². The summed E-state index contributed by atoms with van der Waals surface area (Å²) in [5.74, 6) is -0.997. The Bertz CT molecular complexity index is 540. The van der Waals surface area contributed by atoms with Gasteiger partial charge in [-0.3, -0.25) is 4.79 Å². The van der Waals surface area contributed by atoms with Gasteiger partial charge in [0.05, 0.1) is 3.58 Å². The van der Waals surface area contributed by atoms with Gasteiger partial charge in [0.15, 0.2) is 5.78 Å². The van der Waals surface area contributed by atoms with Crippen molar-refractivity contribution in [2.45, 2.75) is 39.7 Å². The molecule has 0 saturated carbocycles. The first-order valence-electron chi connectivity index (χ1n) is 6.24. The molecule has 0 aromatic heterocycles. The molecule has 0 bridgehead atoms. The normalized spacial score (nSPS) is 27.3. The summed E-state index contributed by atoms with van der Waals surface area (Å²) in [7, 11) is 0. The maximum Gasteiger partial charge on any atom is 0.328 e. The molecule has 0 amide bonds. The molecule has 0 fully saturated rings. The molecule has 0 aromatic rings. The van der Waals surface area contributed by atoms with Crippen molar-refractivity contribution in [2.24, 2.45) is 5.41 Å². The maximum atomic E-state index is 11.9. The summed E-state index contributed by atoms with van der Waals surface area (Å²) in [6, 6.07) is 0. The molecule has 0 heterocycles. The highest BCUT2D eigenvalue weighted by Crippen LogP contribution is 2.47. The lowest BCUT2D eigenvalue weighted by Crippen LogP contribution is -2.48. The zero-order valence-corrected chi connectivity index (χ0v) is 14.2. The van der Waals surface area contributed by atoms with Crippen LogP contribution in [0.1, 0.15) is 34.1 Å². The Labute approximate surface area is 132 Å². The highest BCUT2D eigenvalue weighted by atomic mass is 127. The summed E-state index contributed by atoms with van der Waals surface area (Å²) in [5, 5.41) is 19.7. The number of carboxylic acid groups (broad SMARTS) is 1. The number of hydrogen-bond acceptors (Lipinski definition) is 3. The largest absolute Gasteiger partial charge is 0.478 e. The Morgan fingerprint density at radius 2 is 1.95 bits per heavy atom. The van der Waals surface area contributed by atoms with Gasteiger partial charge in [0.1, 0.15) is 5.60 Å².